The number of pyridine rings is 1. The van der Waals surface area contributed by atoms with Crippen LogP contribution in [0.1, 0.15) is 25.7 Å². The first kappa shape index (κ1) is 14.8. The number of aryl methyl sites for hydroxylation is 1. The SMILES string of the molecule is CCOc1ncccc1NC(=O)NC(C)c1nncn1C. The summed E-state index contributed by atoms with van der Waals surface area (Å²) < 4.78 is 7.10. The molecular formula is C13H18N6O2. The van der Waals surface area contributed by atoms with E-state index in [1.807, 2.05) is 20.9 Å². The average Bonchev–Trinajstić information content (AvgIpc) is 2.87. The summed E-state index contributed by atoms with van der Waals surface area (Å²) in [5.41, 5.74) is 0.516. The highest BCUT2D eigenvalue weighted by atomic mass is 16.5. The Kier molecular flexibility index (Phi) is 4.70. The van der Waals surface area contributed by atoms with Gasteiger partial charge in [-0.3, -0.25) is 0 Å². The number of hydrogen-bond acceptors (Lipinski definition) is 5. The molecule has 0 spiro atoms. The number of ether oxygens (including phenoxy) is 1. The number of carbonyl (C=O) groups is 1. The number of urea groups is 1. The van der Waals surface area contributed by atoms with Crippen LogP contribution >= 0.6 is 0 Å². The second kappa shape index (κ2) is 6.69. The number of hydrogen-bond donors (Lipinski definition) is 2. The van der Waals surface area contributed by atoms with Crippen LogP contribution in [0.5, 0.6) is 5.88 Å². The van der Waals surface area contributed by atoms with Crippen LogP contribution in [-0.4, -0.2) is 32.4 Å². The molecule has 21 heavy (non-hydrogen) atoms. The maximum absolute atomic E-state index is 12.0. The van der Waals surface area contributed by atoms with Crippen LogP contribution in [-0.2, 0) is 7.05 Å². The van der Waals surface area contributed by atoms with E-state index in [2.05, 4.69) is 25.8 Å². The number of carbonyl (C=O) groups excluding carboxylic acids is 1. The molecule has 0 aromatic carbocycles. The molecule has 8 nitrogen and oxygen atoms in total. The molecule has 2 heterocycles. The molecule has 1 unspecified atom stereocenters. The predicted octanol–water partition coefficient (Wildman–Crippen LogP) is 1.49. The smallest absolute Gasteiger partial charge is 0.319 e. The highest BCUT2D eigenvalue weighted by Crippen LogP contribution is 2.20. The summed E-state index contributed by atoms with van der Waals surface area (Å²) in [5.74, 6) is 1.06. The number of nitrogens with zero attached hydrogens (tertiary/aromatic N) is 4. The van der Waals surface area contributed by atoms with Gasteiger partial charge < -0.3 is 19.9 Å². The van der Waals surface area contributed by atoms with E-state index >= 15 is 0 Å². The van der Waals surface area contributed by atoms with Gasteiger partial charge in [0, 0.05) is 13.2 Å². The third-order valence-electron chi connectivity index (χ3n) is 2.78. The molecule has 2 N–H and O–H groups in total. The van der Waals surface area contributed by atoms with Crippen molar-refractivity contribution >= 4 is 11.7 Å². The van der Waals surface area contributed by atoms with E-state index < -0.39 is 0 Å². The molecule has 0 bridgehead atoms. The van der Waals surface area contributed by atoms with Crippen LogP contribution in [0.3, 0.4) is 0 Å². The number of rotatable bonds is 5. The Morgan fingerprint density at radius 2 is 2.33 bits per heavy atom. The molecule has 0 saturated heterocycles. The highest BCUT2D eigenvalue weighted by molar-refractivity contribution is 5.90. The molecule has 8 heteroatoms. The van der Waals surface area contributed by atoms with Crippen LogP contribution in [0.4, 0.5) is 10.5 Å². The van der Waals surface area contributed by atoms with E-state index in [1.54, 1.807) is 29.2 Å². The lowest BCUT2D eigenvalue weighted by Crippen LogP contribution is -2.32. The fourth-order valence-corrected chi connectivity index (χ4v) is 1.84. The summed E-state index contributed by atoms with van der Waals surface area (Å²) >= 11 is 0. The summed E-state index contributed by atoms with van der Waals surface area (Å²) in [6.45, 7) is 4.16. The first-order chi connectivity index (χ1) is 10.1. The van der Waals surface area contributed by atoms with Crippen molar-refractivity contribution in [3.05, 3.63) is 30.5 Å². The molecule has 0 aliphatic rings. The lowest BCUT2D eigenvalue weighted by atomic mass is 10.3. The fraction of sp³-hybridized carbons (Fsp3) is 0.385. The zero-order chi connectivity index (χ0) is 15.2. The second-order valence-corrected chi connectivity index (χ2v) is 4.41. The first-order valence-electron chi connectivity index (χ1n) is 6.61. The van der Waals surface area contributed by atoms with Gasteiger partial charge in [-0.25, -0.2) is 9.78 Å². The van der Waals surface area contributed by atoms with Crippen molar-refractivity contribution in [2.75, 3.05) is 11.9 Å². The van der Waals surface area contributed by atoms with Crippen molar-refractivity contribution in [3.8, 4) is 5.88 Å². The van der Waals surface area contributed by atoms with Gasteiger partial charge in [0.05, 0.1) is 12.6 Å². The number of aromatic nitrogens is 4. The van der Waals surface area contributed by atoms with Gasteiger partial charge in [0.2, 0.25) is 5.88 Å². The van der Waals surface area contributed by atoms with Crippen LogP contribution in [0.2, 0.25) is 0 Å². The van der Waals surface area contributed by atoms with Gasteiger partial charge in [0.25, 0.3) is 0 Å². The Balaban J connectivity index is 2.00. The molecule has 112 valence electrons. The number of nitrogens with one attached hydrogen (secondary N) is 2. The maximum atomic E-state index is 12.0. The van der Waals surface area contributed by atoms with E-state index in [0.717, 1.165) is 0 Å². The third kappa shape index (κ3) is 3.68. The lowest BCUT2D eigenvalue weighted by molar-refractivity contribution is 0.248. The van der Waals surface area contributed by atoms with Crippen LogP contribution in [0.25, 0.3) is 0 Å². The number of amides is 2. The van der Waals surface area contributed by atoms with E-state index in [4.69, 9.17) is 4.74 Å². The molecule has 2 rings (SSSR count). The fourth-order valence-electron chi connectivity index (χ4n) is 1.84. The van der Waals surface area contributed by atoms with Crippen LogP contribution in [0, 0.1) is 0 Å². The summed E-state index contributed by atoms with van der Waals surface area (Å²) in [6.07, 6.45) is 3.19. The molecule has 2 aromatic heterocycles. The molecule has 0 aliphatic heterocycles. The topological polar surface area (TPSA) is 94.0 Å². The van der Waals surface area contributed by atoms with Crippen molar-refractivity contribution in [2.24, 2.45) is 7.05 Å². The van der Waals surface area contributed by atoms with Crippen molar-refractivity contribution in [3.63, 3.8) is 0 Å². The van der Waals surface area contributed by atoms with Gasteiger partial charge in [-0.1, -0.05) is 0 Å². The van der Waals surface area contributed by atoms with Gasteiger partial charge in [-0.2, -0.15) is 0 Å². The van der Waals surface area contributed by atoms with Gasteiger partial charge in [0.1, 0.15) is 12.0 Å². The summed E-state index contributed by atoms with van der Waals surface area (Å²) in [7, 11) is 1.82. The Bertz CT molecular complexity index is 612. The maximum Gasteiger partial charge on any atom is 0.319 e. The lowest BCUT2D eigenvalue weighted by Gasteiger charge is -2.15. The molecule has 1 atom stereocenters. The normalized spacial score (nSPS) is 11.8. The summed E-state index contributed by atoms with van der Waals surface area (Å²) in [4.78, 5) is 16.1. The van der Waals surface area contributed by atoms with E-state index in [0.29, 0.717) is 24.0 Å². The molecular weight excluding hydrogens is 272 g/mol. The van der Waals surface area contributed by atoms with E-state index in [-0.39, 0.29) is 12.1 Å². The molecule has 0 radical (unpaired) electrons. The van der Waals surface area contributed by atoms with E-state index in [1.165, 1.54) is 0 Å². The minimum atomic E-state index is -0.362. The largest absolute Gasteiger partial charge is 0.476 e. The monoisotopic (exact) mass is 290 g/mol. The zero-order valence-electron chi connectivity index (χ0n) is 12.2. The summed E-state index contributed by atoms with van der Waals surface area (Å²) in [6, 6.07) is 2.82. The Labute approximate surface area is 122 Å². The van der Waals surface area contributed by atoms with Crippen molar-refractivity contribution in [2.45, 2.75) is 19.9 Å². The Hall–Kier alpha value is -2.64. The van der Waals surface area contributed by atoms with Gasteiger partial charge in [-0.05, 0) is 26.0 Å². The zero-order valence-corrected chi connectivity index (χ0v) is 12.2. The molecule has 0 saturated carbocycles. The van der Waals surface area contributed by atoms with Gasteiger partial charge >= 0.3 is 6.03 Å². The first-order valence-corrected chi connectivity index (χ1v) is 6.61. The molecule has 2 amide bonds. The van der Waals surface area contributed by atoms with E-state index in [9.17, 15) is 4.79 Å². The minimum Gasteiger partial charge on any atom is -0.476 e. The Morgan fingerprint density at radius 1 is 1.52 bits per heavy atom. The van der Waals surface area contributed by atoms with Gasteiger partial charge in [-0.15, -0.1) is 10.2 Å². The van der Waals surface area contributed by atoms with Gasteiger partial charge in [0.15, 0.2) is 5.82 Å². The van der Waals surface area contributed by atoms with Crippen molar-refractivity contribution in [1.29, 1.82) is 0 Å². The van der Waals surface area contributed by atoms with Crippen molar-refractivity contribution in [1.82, 2.24) is 25.1 Å². The second-order valence-electron chi connectivity index (χ2n) is 4.41. The third-order valence-corrected chi connectivity index (χ3v) is 2.78. The van der Waals surface area contributed by atoms with Crippen molar-refractivity contribution < 1.29 is 9.53 Å². The molecule has 0 fully saturated rings. The molecule has 2 aromatic rings. The average molecular weight is 290 g/mol. The summed E-state index contributed by atoms with van der Waals surface area (Å²) in [5, 5.41) is 13.2. The minimum absolute atomic E-state index is 0.273. The predicted molar refractivity (Wildman–Crippen MR) is 77.0 cm³/mol. The standard InChI is InChI=1S/C13H18N6O2/c1-4-21-12-10(6-5-7-14-12)17-13(20)16-9(2)11-18-15-8-19(11)3/h5-9H,4H2,1-3H3,(H2,16,17,20). The van der Waals surface area contributed by atoms with Crippen LogP contribution < -0.4 is 15.4 Å². The highest BCUT2D eigenvalue weighted by Gasteiger charge is 2.15. The Morgan fingerprint density at radius 3 is 3.00 bits per heavy atom. The van der Waals surface area contributed by atoms with Crippen LogP contribution in [0.15, 0.2) is 24.7 Å². The quantitative estimate of drug-likeness (QED) is 0.870. The number of anilines is 1. The molecule has 0 aliphatic carbocycles.